The van der Waals surface area contributed by atoms with E-state index in [2.05, 4.69) is 11.7 Å². The maximum absolute atomic E-state index is 11.0. The fraction of sp³-hybridized carbons (Fsp3) is 0.333. The molecule has 0 aliphatic heterocycles. The van der Waals surface area contributed by atoms with Crippen LogP contribution in [0.5, 0.6) is 0 Å². The molecule has 0 amide bonds. The first-order valence-corrected chi connectivity index (χ1v) is 4.06. The highest BCUT2D eigenvalue weighted by Crippen LogP contribution is 1.98. The average Bonchev–Trinajstić information content (AvgIpc) is 2.52. The number of esters is 1. The third kappa shape index (κ3) is 2.74. The molecule has 0 bridgehead atoms. The molecule has 4 nitrogen and oxygen atoms in total. The molecule has 0 unspecified atom stereocenters. The van der Waals surface area contributed by atoms with Crippen LogP contribution in [0.3, 0.4) is 0 Å². The monoisotopic (exact) mass is 180 g/mol. The number of hydrogen-bond donors (Lipinski definition) is 0. The number of carbonyl (C=O) groups is 1. The molecule has 0 N–H and O–H groups in total. The first-order chi connectivity index (χ1) is 6.26. The van der Waals surface area contributed by atoms with Crippen LogP contribution < -0.4 is 0 Å². The highest BCUT2D eigenvalue weighted by Gasteiger charge is 2.03. The van der Waals surface area contributed by atoms with E-state index in [1.807, 2.05) is 0 Å². The van der Waals surface area contributed by atoms with Crippen molar-refractivity contribution in [2.45, 2.75) is 13.5 Å². The zero-order chi connectivity index (χ0) is 9.68. The highest BCUT2D eigenvalue weighted by atomic mass is 16.5. The molecule has 0 atom stereocenters. The molecule has 70 valence electrons. The molecule has 0 spiro atoms. The summed E-state index contributed by atoms with van der Waals surface area (Å²) in [5.74, 6) is -0.277. The Bertz CT molecular complexity index is 304. The molecule has 1 aromatic rings. The summed E-state index contributed by atoms with van der Waals surface area (Å²) >= 11 is 0. The SMILES string of the molecule is C=Cc1cnn(CC(=O)OCC)c1. The van der Waals surface area contributed by atoms with Gasteiger partial charge in [0.2, 0.25) is 0 Å². The lowest BCUT2D eigenvalue weighted by Gasteiger charge is -2.00. The summed E-state index contributed by atoms with van der Waals surface area (Å²) in [5, 5.41) is 3.95. The number of aromatic nitrogens is 2. The van der Waals surface area contributed by atoms with E-state index in [0.717, 1.165) is 5.56 Å². The van der Waals surface area contributed by atoms with E-state index in [4.69, 9.17) is 4.74 Å². The van der Waals surface area contributed by atoms with Crippen molar-refractivity contribution in [2.75, 3.05) is 6.61 Å². The molecule has 0 aliphatic carbocycles. The lowest BCUT2D eigenvalue weighted by molar-refractivity contribution is -0.144. The minimum absolute atomic E-state index is 0.154. The molecule has 1 aromatic heterocycles. The quantitative estimate of drug-likeness (QED) is 0.651. The standard InChI is InChI=1S/C9H12N2O2/c1-3-8-5-10-11(6-8)7-9(12)13-4-2/h3,5-6H,1,4,7H2,2H3. The Balaban J connectivity index is 2.53. The van der Waals surface area contributed by atoms with Gasteiger partial charge in [-0.1, -0.05) is 12.7 Å². The second kappa shape index (κ2) is 4.45. The van der Waals surface area contributed by atoms with Crippen molar-refractivity contribution in [2.24, 2.45) is 0 Å². The summed E-state index contributed by atoms with van der Waals surface area (Å²) < 4.78 is 6.29. The average molecular weight is 180 g/mol. The van der Waals surface area contributed by atoms with Gasteiger partial charge in [-0.3, -0.25) is 9.48 Å². The van der Waals surface area contributed by atoms with Gasteiger partial charge in [0.05, 0.1) is 12.8 Å². The summed E-state index contributed by atoms with van der Waals surface area (Å²) in [6.45, 7) is 5.92. The van der Waals surface area contributed by atoms with Gasteiger partial charge in [-0.05, 0) is 6.92 Å². The molecule has 0 saturated heterocycles. The third-order valence-electron chi connectivity index (χ3n) is 1.49. The Morgan fingerprint density at radius 3 is 3.15 bits per heavy atom. The second-order valence-corrected chi connectivity index (χ2v) is 2.48. The summed E-state index contributed by atoms with van der Waals surface area (Å²) in [6, 6.07) is 0. The number of hydrogen-bond acceptors (Lipinski definition) is 3. The number of rotatable bonds is 4. The first-order valence-electron chi connectivity index (χ1n) is 4.06. The Morgan fingerprint density at radius 2 is 2.62 bits per heavy atom. The van der Waals surface area contributed by atoms with E-state index < -0.39 is 0 Å². The van der Waals surface area contributed by atoms with Crippen molar-refractivity contribution >= 4 is 12.0 Å². The predicted molar refractivity (Wildman–Crippen MR) is 49.0 cm³/mol. The van der Waals surface area contributed by atoms with Gasteiger partial charge in [0, 0.05) is 11.8 Å². The van der Waals surface area contributed by atoms with Gasteiger partial charge in [0.25, 0.3) is 0 Å². The Kier molecular flexibility index (Phi) is 3.25. The molecule has 0 radical (unpaired) electrons. The molecular weight excluding hydrogens is 168 g/mol. The second-order valence-electron chi connectivity index (χ2n) is 2.48. The smallest absolute Gasteiger partial charge is 0.327 e. The zero-order valence-electron chi connectivity index (χ0n) is 7.56. The van der Waals surface area contributed by atoms with Crippen molar-refractivity contribution < 1.29 is 9.53 Å². The lowest BCUT2D eigenvalue weighted by Crippen LogP contribution is -2.13. The van der Waals surface area contributed by atoms with E-state index in [9.17, 15) is 4.79 Å². The molecule has 4 heteroatoms. The van der Waals surface area contributed by atoms with Crippen molar-refractivity contribution in [1.29, 1.82) is 0 Å². The Labute approximate surface area is 76.8 Å². The Morgan fingerprint density at radius 1 is 1.85 bits per heavy atom. The van der Waals surface area contributed by atoms with E-state index in [1.54, 1.807) is 25.4 Å². The minimum Gasteiger partial charge on any atom is -0.465 e. The molecular formula is C9H12N2O2. The van der Waals surface area contributed by atoms with Crippen LogP contribution in [0.1, 0.15) is 12.5 Å². The molecule has 0 saturated carbocycles. The van der Waals surface area contributed by atoms with Crippen molar-refractivity contribution in [1.82, 2.24) is 9.78 Å². The third-order valence-corrected chi connectivity index (χ3v) is 1.49. The van der Waals surface area contributed by atoms with Gasteiger partial charge in [0.1, 0.15) is 6.54 Å². The van der Waals surface area contributed by atoms with E-state index in [0.29, 0.717) is 6.61 Å². The van der Waals surface area contributed by atoms with Crippen molar-refractivity contribution in [3.63, 3.8) is 0 Å². The van der Waals surface area contributed by atoms with Gasteiger partial charge in [-0.25, -0.2) is 0 Å². The fourth-order valence-electron chi connectivity index (χ4n) is 0.910. The summed E-state index contributed by atoms with van der Waals surface area (Å²) in [7, 11) is 0. The van der Waals surface area contributed by atoms with Crippen LogP contribution in [-0.2, 0) is 16.1 Å². The van der Waals surface area contributed by atoms with Crippen LogP contribution in [0.4, 0.5) is 0 Å². The van der Waals surface area contributed by atoms with Gasteiger partial charge in [-0.2, -0.15) is 5.10 Å². The van der Waals surface area contributed by atoms with Crippen LogP contribution >= 0.6 is 0 Å². The number of carbonyl (C=O) groups excluding carboxylic acids is 1. The van der Waals surface area contributed by atoms with Crippen molar-refractivity contribution in [3.8, 4) is 0 Å². The Hall–Kier alpha value is -1.58. The normalized spacial score (nSPS) is 9.62. The summed E-state index contributed by atoms with van der Waals surface area (Å²) in [4.78, 5) is 11.0. The topological polar surface area (TPSA) is 44.1 Å². The molecule has 0 fully saturated rings. The maximum Gasteiger partial charge on any atom is 0.327 e. The van der Waals surface area contributed by atoms with E-state index in [1.165, 1.54) is 4.68 Å². The van der Waals surface area contributed by atoms with Crippen LogP contribution in [-0.4, -0.2) is 22.4 Å². The first kappa shape index (κ1) is 9.51. The predicted octanol–water partition coefficient (Wildman–Crippen LogP) is 1.09. The molecule has 1 heterocycles. The zero-order valence-corrected chi connectivity index (χ0v) is 7.56. The number of nitrogens with zero attached hydrogens (tertiary/aromatic N) is 2. The summed E-state index contributed by atoms with van der Waals surface area (Å²) in [5.41, 5.74) is 0.893. The lowest BCUT2D eigenvalue weighted by atomic mass is 10.4. The largest absolute Gasteiger partial charge is 0.465 e. The highest BCUT2D eigenvalue weighted by molar-refractivity contribution is 5.69. The number of ether oxygens (including phenoxy) is 1. The van der Waals surface area contributed by atoms with E-state index >= 15 is 0 Å². The van der Waals surface area contributed by atoms with E-state index in [-0.39, 0.29) is 12.5 Å². The molecule has 0 aliphatic rings. The summed E-state index contributed by atoms with van der Waals surface area (Å²) in [6.07, 6.45) is 5.06. The van der Waals surface area contributed by atoms with Gasteiger partial charge in [0.15, 0.2) is 0 Å². The maximum atomic E-state index is 11.0. The minimum atomic E-state index is -0.277. The molecule has 13 heavy (non-hydrogen) atoms. The van der Waals surface area contributed by atoms with Crippen LogP contribution in [0.15, 0.2) is 19.0 Å². The van der Waals surface area contributed by atoms with Crippen LogP contribution in [0, 0.1) is 0 Å². The molecule has 1 rings (SSSR count). The van der Waals surface area contributed by atoms with Gasteiger partial charge < -0.3 is 4.74 Å². The van der Waals surface area contributed by atoms with Crippen LogP contribution in [0.25, 0.3) is 6.08 Å². The van der Waals surface area contributed by atoms with Gasteiger partial charge in [-0.15, -0.1) is 0 Å². The fourth-order valence-corrected chi connectivity index (χ4v) is 0.910. The van der Waals surface area contributed by atoms with Crippen LogP contribution in [0.2, 0.25) is 0 Å². The molecule has 0 aromatic carbocycles. The van der Waals surface area contributed by atoms with Crippen molar-refractivity contribution in [3.05, 3.63) is 24.5 Å². The van der Waals surface area contributed by atoms with Gasteiger partial charge >= 0.3 is 5.97 Å².